The van der Waals surface area contributed by atoms with Gasteiger partial charge in [0.25, 0.3) is 0 Å². The fraction of sp³-hybridized carbons (Fsp3) is 0.286. The predicted octanol–water partition coefficient (Wildman–Crippen LogP) is 3.24. The Kier molecular flexibility index (Phi) is 4.50. The summed E-state index contributed by atoms with van der Waals surface area (Å²) in [4.78, 5) is 29.4. The Labute approximate surface area is 161 Å². The first-order valence-corrected chi connectivity index (χ1v) is 9.13. The van der Waals surface area contributed by atoms with Crippen molar-refractivity contribution >= 4 is 17.4 Å². The van der Waals surface area contributed by atoms with Crippen LogP contribution in [-0.4, -0.2) is 39.0 Å². The molecule has 0 unspecified atom stereocenters. The van der Waals surface area contributed by atoms with Crippen molar-refractivity contribution in [3.63, 3.8) is 0 Å². The number of benzene rings is 1. The van der Waals surface area contributed by atoms with Gasteiger partial charge in [0.05, 0.1) is 12.3 Å². The van der Waals surface area contributed by atoms with Crippen LogP contribution >= 0.6 is 0 Å². The highest BCUT2D eigenvalue weighted by molar-refractivity contribution is 5.98. The number of carbonyl (C=O) groups is 2. The Morgan fingerprint density at radius 1 is 1.25 bits per heavy atom. The molecule has 0 aliphatic carbocycles. The SMILES string of the molecule is CCOc1cccn2c(C(=O)C[C@@H]3c4ccccc4O[C@H]3C(=O)O)c(C)nc12. The Hall–Kier alpha value is -3.35. The molecule has 0 saturated carbocycles. The van der Waals surface area contributed by atoms with E-state index in [2.05, 4.69) is 4.98 Å². The maximum absolute atomic E-state index is 13.2. The molecule has 28 heavy (non-hydrogen) atoms. The number of para-hydroxylation sites is 1. The number of aryl methyl sites for hydroxylation is 1. The van der Waals surface area contributed by atoms with Gasteiger partial charge in [-0.05, 0) is 32.0 Å². The number of carbonyl (C=O) groups excluding carboxylic acids is 1. The molecule has 1 aromatic carbocycles. The smallest absolute Gasteiger partial charge is 0.345 e. The number of nitrogens with zero attached hydrogens (tertiary/aromatic N) is 2. The van der Waals surface area contributed by atoms with Gasteiger partial charge in [0.2, 0.25) is 6.10 Å². The molecule has 7 heteroatoms. The van der Waals surface area contributed by atoms with Crippen LogP contribution in [0.15, 0.2) is 42.6 Å². The van der Waals surface area contributed by atoms with E-state index < -0.39 is 18.0 Å². The van der Waals surface area contributed by atoms with Crippen LogP contribution in [0.5, 0.6) is 11.5 Å². The van der Waals surface area contributed by atoms with Crippen molar-refractivity contribution in [1.82, 2.24) is 9.38 Å². The van der Waals surface area contributed by atoms with Gasteiger partial charge in [-0.15, -0.1) is 0 Å². The Balaban J connectivity index is 1.71. The average molecular weight is 380 g/mol. The fourth-order valence-corrected chi connectivity index (χ4v) is 3.77. The molecule has 7 nitrogen and oxygen atoms in total. The molecule has 1 aliphatic heterocycles. The summed E-state index contributed by atoms with van der Waals surface area (Å²) in [6.07, 6.45) is 0.695. The van der Waals surface area contributed by atoms with Gasteiger partial charge < -0.3 is 14.6 Å². The third kappa shape index (κ3) is 2.89. The van der Waals surface area contributed by atoms with Gasteiger partial charge in [-0.25, -0.2) is 9.78 Å². The highest BCUT2D eigenvalue weighted by atomic mass is 16.5. The van der Waals surface area contributed by atoms with E-state index in [-0.39, 0.29) is 12.2 Å². The zero-order valence-electron chi connectivity index (χ0n) is 15.6. The Morgan fingerprint density at radius 3 is 2.79 bits per heavy atom. The first kappa shape index (κ1) is 18.0. The van der Waals surface area contributed by atoms with Gasteiger partial charge in [-0.3, -0.25) is 9.20 Å². The molecule has 0 amide bonds. The number of fused-ring (bicyclic) bond motifs is 2. The molecule has 0 spiro atoms. The number of ketones is 1. The molecule has 1 aliphatic rings. The molecular weight excluding hydrogens is 360 g/mol. The number of hydrogen-bond acceptors (Lipinski definition) is 5. The molecule has 2 atom stereocenters. The normalized spacial score (nSPS) is 17.9. The summed E-state index contributed by atoms with van der Waals surface area (Å²) in [5.41, 5.74) is 2.33. The van der Waals surface area contributed by atoms with Crippen LogP contribution in [0.2, 0.25) is 0 Å². The second-order valence-corrected chi connectivity index (χ2v) is 6.69. The summed E-state index contributed by atoms with van der Waals surface area (Å²) in [5.74, 6) is -0.703. The first-order chi connectivity index (χ1) is 13.5. The molecule has 0 radical (unpaired) electrons. The van der Waals surface area contributed by atoms with Crippen LogP contribution < -0.4 is 9.47 Å². The highest BCUT2D eigenvalue weighted by Gasteiger charge is 2.41. The third-order valence-electron chi connectivity index (χ3n) is 4.94. The third-order valence-corrected chi connectivity index (χ3v) is 4.94. The minimum atomic E-state index is -1.08. The number of pyridine rings is 1. The van der Waals surface area contributed by atoms with Crippen LogP contribution in [0.3, 0.4) is 0 Å². The molecule has 0 bridgehead atoms. The maximum Gasteiger partial charge on any atom is 0.345 e. The summed E-state index contributed by atoms with van der Waals surface area (Å²) < 4.78 is 12.9. The quantitative estimate of drug-likeness (QED) is 0.660. The second-order valence-electron chi connectivity index (χ2n) is 6.69. The van der Waals surface area contributed by atoms with E-state index in [4.69, 9.17) is 9.47 Å². The van der Waals surface area contributed by atoms with Gasteiger partial charge in [-0.2, -0.15) is 0 Å². The lowest BCUT2D eigenvalue weighted by Crippen LogP contribution is -2.30. The summed E-state index contributed by atoms with van der Waals surface area (Å²) >= 11 is 0. The van der Waals surface area contributed by atoms with Crippen LogP contribution in [-0.2, 0) is 4.79 Å². The molecular formula is C21H20N2O5. The largest absolute Gasteiger partial charge is 0.490 e. The molecule has 3 heterocycles. The van der Waals surface area contributed by atoms with E-state index in [1.807, 2.05) is 19.1 Å². The standard InChI is InChI=1S/C21H20N2O5/c1-3-27-17-9-6-10-23-18(12(2)22-20(17)23)15(24)11-14-13-7-4-5-8-16(13)28-19(14)21(25)26/h4-10,14,19H,3,11H2,1-2H3,(H,25,26)/t14-,19-/m1/s1. The van der Waals surface area contributed by atoms with Crippen LogP contribution in [0.25, 0.3) is 5.65 Å². The number of carboxylic acids is 1. The lowest BCUT2D eigenvalue weighted by atomic mass is 9.89. The predicted molar refractivity (Wildman–Crippen MR) is 101 cm³/mol. The van der Waals surface area contributed by atoms with E-state index in [1.54, 1.807) is 41.8 Å². The minimum Gasteiger partial charge on any atom is -0.490 e. The summed E-state index contributed by atoms with van der Waals surface area (Å²) in [7, 11) is 0. The van der Waals surface area contributed by atoms with Crippen molar-refractivity contribution < 1.29 is 24.2 Å². The molecule has 0 fully saturated rings. The van der Waals surface area contributed by atoms with Gasteiger partial charge in [-0.1, -0.05) is 18.2 Å². The summed E-state index contributed by atoms with van der Waals surface area (Å²) in [6, 6.07) is 10.7. The number of aliphatic carboxylic acids is 1. The maximum atomic E-state index is 13.2. The van der Waals surface area contributed by atoms with Crippen molar-refractivity contribution in [3.05, 3.63) is 59.5 Å². The molecule has 3 aromatic rings. The zero-order valence-corrected chi connectivity index (χ0v) is 15.6. The summed E-state index contributed by atoms with van der Waals surface area (Å²) in [6.45, 7) is 4.14. The highest BCUT2D eigenvalue weighted by Crippen LogP contribution is 2.41. The summed E-state index contributed by atoms with van der Waals surface area (Å²) in [5, 5.41) is 9.55. The Bertz CT molecular complexity index is 1070. The van der Waals surface area contributed by atoms with Crippen molar-refractivity contribution in [2.75, 3.05) is 6.61 Å². The number of ether oxygens (including phenoxy) is 2. The zero-order chi connectivity index (χ0) is 19.8. The van der Waals surface area contributed by atoms with E-state index in [0.717, 1.165) is 5.56 Å². The molecule has 1 N–H and O–H groups in total. The van der Waals surface area contributed by atoms with Crippen LogP contribution in [0.4, 0.5) is 0 Å². The lowest BCUT2D eigenvalue weighted by molar-refractivity contribution is -0.145. The first-order valence-electron chi connectivity index (χ1n) is 9.13. The van der Waals surface area contributed by atoms with E-state index in [0.29, 0.717) is 35.1 Å². The number of rotatable bonds is 6. The van der Waals surface area contributed by atoms with Crippen LogP contribution in [0.1, 0.15) is 41.0 Å². The number of hydrogen-bond donors (Lipinski definition) is 1. The van der Waals surface area contributed by atoms with Gasteiger partial charge in [0.15, 0.2) is 17.2 Å². The van der Waals surface area contributed by atoms with Crippen molar-refractivity contribution in [1.29, 1.82) is 0 Å². The van der Waals surface area contributed by atoms with Crippen molar-refractivity contribution in [2.45, 2.75) is 32.3 Å². The number of carboxylic acid groups (broad SMARTS) is 1. The average Bonchev–Trinajstić information content (AvgIpc) is 3.20. The molecule has 2 aromatic heterocycles. The van der Waals surface area contributed by atoms with Gasteiger partial charge in [0.1, 0.15) is 11.4 Å². The molecule has 4 rings (SSSR count). The number of aromatic nitrogens is 2. The van der Waals surface area contributed by atoms with Crippen molar-refractivity contribution in [3.8, 4) is 11.5 Å². The lowest BCUT2D eigenvalue weighted by Gasteiger charge is -2.14. The van der Waals surface area contributed by atoms with E-state index in [1.165, 1.54) is 0 Å². The topological polar surface area (TPSA) is 90.1 Å². The molecule has 0 saturated heterocycles. The monoisotopic (exact) mass is 380 g/mol. The van der Waals surface area contributed by atoms with Gasteiger partial charge >= 0.3 is 5.97 Å². The van der Waals surface area contributed by atoms with Gasteiger partial charge in [0, 0.05) is 24.1 Å². The van der Waals surface area contributed by atoms with E-state index in [9.17, 15) is 14.7 Å². The minimum absolute atomic E-state index is 0.0154. The Morgan fingerprint density at radius 2 is 2.04 bits per heavy atom. The fourth-order valence-electron chi connectivity index (χ4n) is 3.77. The second kappa shape index (κ2) is 6.99. The number of imidazole rings is 1. The van der Waals surface area contributed by atoms with Crippen LogP contribution in [0, 0.1) is 6.92 Å². The number of Topliss-reactive ketones (excluding diaryl/α,β-unsaturated/α-hetero) is 1. The molecule has 144 valence electrons. The van der Waals surface area contributed by atoms with E-state index >= 15 is 0 Å². The van der Waals surface area contributed by atoms with Crippen molar-refractivity contribution in [2.24, 2.45) is 0 Å².